The van der Waals surface area contributed by atoms with E-state index < -0.39 is 0 Å². The predicted molar refractivity (Wildman–Crippen MR) is 80.1 cm³/mol. The Morgan fingerprint density at radius 2 is 1.75 bits per heavy atom. The van der Waals surface area contributed by atoms with Crippen LogP contribution in [0.25, 0.3) is 11.4 Å². The van der Waals surface area contributed by atoms with Crippen molar-refractivity contribution in [1.82, 2.24) is 15.0 Å². The molecule has 20 heavy (non-hydrogen) atoms. The topological polar surface area (TPSA) is 47.9 Å². The van der Waals surface area contributed by atoms with Gasteiger partial charge in [-0.15, -0.1) is 0 Å². The molecule has 0 aliphatic carbocycles. The van der Waals surface area contributed by atoms with Crippen LogP contribution in [0.2, 0.25) is 5.28 Å². The third kappa shape index (κ3) is 3.90. The molecule has 106 valence electrons. The van der Waals surface area contributed by atoms with Crippen LogP contribution in [0.4, 0.5) is 0 Å². The fraction of sp³-hybridized carbons (Fsp3) is 0.400. The standard InChI is InChI=1S/C15H18ClN3O/c1-3-5-11-6-8-12(9-7-11)13-17-14(16)19-15(18-13)20-10-4-2/h6-9H,3-5,10H2,1-2H3. The number of ether oxygens (including phenoxy) is 1. The van der Waals surface area contributed by atoms with Crippen LogP contribution in [-0.2, 0) is 6.42 Å². The lowest BCUT2D eigenvalue weighted by Gasteiger charge is -2.06. The maximum atomic E-state index is 5.92. The average Bonchev–Trinajstić information content (AvgIpc) is 2.46. The molecular formula is C15H18ClN3O. The minimum atomic E-state index is 0.152. The lowest BCUT2D eigenvalue weighted by atomic mass is 10.1. The van der Waals surface area contributed by atoms with Crippen LogP contribution >= 0.6 is 11.6 Å². The van der Waals surface area contributed by atoms with Gasteiger partial charge in [0.15, 0.2) is 5.82 Å². The Bertz CT molecular complexity index is 558. The van der Waals surface area contributed by atoms with Gasteiger partial charge in [-0.3, -0.25) is 0 Å². The van der Waals surface area contributed by atoms with Crippen molar-refractivity contribution >= 4 is 11.6 Å². The normalized spacial score (nSPS) is 10.6. The number of aryl methyl sites for hydroxylation is 1. The van der Waals surface area contributed by atoms with E-state index in [4.69, 9.17) is 16.3 Å². The zero-order valence-corrected chi connectivity index (χ0v) is 12.5. The Morgan fingerprint density at radius 3 is 2.40 bits per heavy atom. The zero-order chi connectivity index (χ0) is 14.4. The number of hydrogen-bond donors (Lipinski definition) is 0. The molecule has 1 heterocycles. The molecule has 0 N–H and O–H groups in total. The Hall–Kier alpha value is -1.68. The predicted octanol–water partition coefficient (Wildman–Crippen LogP) is 3.93. The summed E-state index contributed by atoms with van der Waals surface area (Å²) in [6, 6.07) is 8.45. The molecule has 2 aromatic rings. The van der Waals surface area contributed by atoms with E-state index in [-0.39, 0.29) is 11.3 Å². The number of rotatable bonds is 6. The van der Waals surface area contributed by atoms with Gasteiger partial charge in [0.1, 0.15) is 0 Å². The molecule has 5 heteroatoms. The van der Waals surface area contributed by atoms with Crippen molar-refractivity contribution in [2.75, 3.05) is 6.61 Å². The van der Waals surface area contributed by atoms with Gasteiger partial charge >= 0.3 is 6.01 Å². The van der Waals surface area contributed by atoms with E-state index >= 15 is 0 Å². The van der Waals surface area contributed by atoms with Crippen LogP contribution in [0, 0.1) is 0 Å². The molecular weight excluding hydrogens is 274 g/mol. The molecule has 0 saturated heterocycles. The average molecular weight is 292 g/mol. The zero-order valence-electron chi connectivity index (χ0n) is 11.8. The van der Waals surface area contributed by atoms with Crippen molar-refractivity contribution in [2.24, 2.45) is 0 Å². The minimum Gasteiger partial charge on any atom is -0.463 e. The molecule has 0 atom stereocenters. The summed E-state index contributed by atoms with van der Waals surface area (Å²) in [7, 11) is 0. The summed E-state index contributed by atoms with van der Waals surface area (Å²) in [6.45, 7) is 4.75. The largest absolute Gasteiger partial charge is 0.463 e. The van der Waals surface area contributed by atoms with Crippen molar-refractivity contribution in [3.63, 3.8) is 0 Å². The molecule has 0 fully saturated rings. The second-order valence-electron chi connectivity index (χ2n) is 4.51. The Kier molecular flexibility index (Phi) is 5.30. The number of hydrogen-bond acceptors (Lipinski definition) is 4. The van der Waals surface area contributed by atoms with Gasteiger partial charge in [-0.2, -0.15) is 15.0 Å². The maximum absolute atomic E-state index is 5.92. The smallest absolute Gasteiger partial charge is 0.321 e. The first-order chi connectivity index (χ1) is 9.72. The summed E-state index contributed by atoms with van der Waals surface area (Å²) in [4.78, 5) is 12.4. The second-order valence-corrected chi connectivity index (χ2v) is 4.84. The summed E-state index contributed by atoms with van der Waals surface area (Å²) < 4.78 is 5.41. The fourth-order valence-corrected chi connectivity index (χ4v) is 1.98. The first-order valence-corrected chi connectivity index (χ1v) is 7.24. The van der Waals surface area contributed by atoms with E-state index in [1.165, 1.54) is 5.56 Å². The molecule has 0 aliphatic heterocycles. The van der Waals surface area contributed by atoms with Gasteiger partial charge in [0, 0.05) is 5.56 Å². The van der Waals surface area contributed by atoms with Crippen LogP contribution in [0.15, 0.2) is 24.3 Å². The van der Waals surface area contributed by atoms with Crippen LogP contribution < -0.4 is 4.74 Å². The molecule has 2 rings (SSSR count). The highest BCUT2D eigenvalue weighted by atomic mass is 35.5. The van der Waals surface area contributed by atoms with Crippen LogP contribution in [-0.4, -0.2) is 21.6 Å². The van der Waals surface area contributed by atoms with E-state index in [0.29, 0.717) is 12.4 Å². The lowest BCUT2D eigenvalue weighted by Crippen LogP contribution is -2.02. The highest BCUT2D eigenvalue weighted by Gasteiger charge is 2.08. The van der Waals surface area contributed by atoms with Crippen molar-refractivity contribution in [1.29, 1.82) is 0 Å². The van der Waals surface area contributed by atoms with Crippen LogP contribution in [0.5, 0.6) is 6.01 Å². The monoisotopic (exact) mass is 291 g/mol. The SMILES string of the molecule is CCCOc1nc(Cl)nc(-c2ccc(CCC)cc2)n1. The van der Waals surface area contributed by atoms with E-state index in [0.717, 1.165) is 24.8 Å². The second kappa shape index (κ2) is 7.20. The summed E-state index contributed by atoms with van der Waals surface area (Å²) in [5.74, 6) is 0.541. The highest BCUT2D eigenvalue weighted by Crippen LogP contribution is 2.20. The Labute approximate surface area is 124 Å². The third-order valence-corrected chi connectivity index (χ3v) is 2.94. The minimum absolute atomic E-state index is 0.152. The summed E-state index contributed by atoms with van der Waals surface area (Å²) in [5.41, 5.74) is 2.22. The quantitative estimate of drug-likeness (QED) is 0.809. The molecule has 0 amide bonds. The van der Waals surface area contributed by atoms with Crippen LogP contribution in [0.3, 0.4) is 0 Å². The molecule has 1 aromatic carbocycles. The number of halogens is 1. The van der Waals surface area contributed by atoms with Gasteiger partial charge in [0.05, 0.1) is 6.61 Å². The highest BCUT2D eigenvalue weighted by molar-refractivity contribution is 6.28. The van der Waals surface area contributed by atoms with Gasteiger partial charge in [0.25, 0.3) is 0 Å². The molecule has 0 saturated carbocycles. The first-order valence-electron chi connectivity index (χ1n) is 6.86. The first kappa shape index (κ1) is 14.7. The van der Waals surface area contributed by atoms with E-state index in [2.05, 4.69) is 34.0 Å². The van der Waals surface area contributed by atoms with Gasteiger partial charge in [-0.25, -0.2) is 0 Å². The van der Waals surface area contributed by atoms with Crippen molar-refractivity contribution in [2.45, 2.75) is 33.1 Å². The number of aromatic nitrogens is 3. The van der Waals surface area contributed by atoms with Gasteiger partial charge < -0.3 is 4.74 Å². The maximum Gasteiger partial charge on any atom is 0.321 e. The lowest BCUT2D eigenvalue weighted by molar-refractivity contribution is 0.291. The molecule has 0 aliphatic rings. The van der Waals surface area contributed by atoms with E-state index in [1.54, 1.807) is 0 Å². The van der Waals surface area contributed by atoms with Crippen molar-refractivity contribution < 1.29 is 4.74 Å². The molecule has 0 unspecified atom stereocenters. The van der Waals surface area contributed by atoms with Crippen LogP contribution in [0.1, 0.15) is 32.3 Å². The molecule has 1 aromatic heterocycles. The van der Waals surface area contributed by atoms with Gasteiger partial charge in [-0.1, -0.05) is 44.5 Å². The van der Waals surface area contributed by atoms with Gasteiger partial charge in [0.2, 0.25) is 5.28 Å². The molecule has 0 spiro atoms. The summed E-state index contributed by atoms with van der Waals surface area (Å²) >= 11 is 5.92. The molecule has 0 radical (unpaired) electrons. The molecule has 4 nitrogen and oxygen atoms in total. The summed E-state index contributed by atoms with van der Waals surface area (Å²) in [6.07, 6.45) is 3.10. The Balaban J connectivity index is 2.24. The number of nitrogens with zero attached hydrogens (tertiary/aromatic N) is 3. The van der Waals surface area contributed by atoms with Crippen molar-refractivity contribution in [3.8, 4) is 17.4 Å². The van der Waals surface area contributed by atoms with E-state index in [1.807, 2.05) is 19.1 Å². The van der Waals surface area contributed by atoms with Crippen molar-refractivity contribution in [3.05, 3.63) is 35.1 Å². The van der Waals surface area contributed by atoms with Gasteiger partial charge in [-0.05, 0) is 30.0 Å². The number of benzene rings is 1. The Morgan fingerprint density at radius 1 is 1.00 bits per heavy atom. The fourth-order valence-electron chi connectivity index (χ4n) is 1.83. The molecule has 0 bridgehead atoms. The summed E-state index contributed by atoms with van der Waals surface area (Å²) in [5, 5.41) is 0.152. The third-order valence-electron chi connectivity index (χ3n) is 2.77. The van der Waals surface area contributed by atoms with E-state index in [9.17, 15) is 0 Å².